The molecule has 0 aliphatic carbocycles. The van der Waals surface area contributed by atoms with Crippen molar-refractivity contribution in [3.8, 4) is 11.5 Å². The predicted molar refractivity (Wildman–Crippen MR) is 467 cm³/mol. The summed E-state index contributed by atoms with van der Waals surface area (Å²) < 4.78 is 54.8. The molecule has 11 N–H and O–H groups in total. The number of nitrogens with two attached hydrogens (primary N) is 1. The summed E-state index contributed by atoms with van der Waals surface area (Å²) in [5, 5.41) is 50.6. The Bertz CT molecular complexity index is 3470. The van der Waals surface area contributed by atoms with Crippen LogP contribution in [0.15, 0.2) is 48.5 Å². The fourth-order valence-electron chi connectivity index (χ4n) is 12.6. The first kappa shape index (κ1) is 112. The van der Waals surface area contributed by atoms with Crippen LogP contribution in [0, 0.1) is 17.8 Å². The van der Waals surface area contributed by atoms with Gasteiger partial charge in [-0.2, -0.15) is 0 Å². The number of nitrogens with one attached hydrogen (secondary N) is 5. The number of rotatable bonds is 86. The van der Waals surface area contributed by atoms with E-state index in [4.69, 9.17) is 63.3 Å². The molecule has 0 saturated carbocycles. The number of unbranched alkanes of at least 4 members (excludes halogenated alkanes) is 14. The molecule has 712 valence electrons. The van der Waals surface area contributed by atoms with Crippen LogP contribution in [0.5, 0.6) is 11.5 Å². The number of carbonyl (C=O) groups is 15. The van der Waals surface area contributed by atoms with Gasteiger partial charge in [0.1, 0.15) is 67.1 Å². The van der Waals surface area contributed by atoms with Crippen molar-refractivity contribution in [1.29, 1.82) is 0 Å². The standard InChI is InChI=1S/C90H142N6O29.3H2/c1-67(97)70(24-16-18-42-92-83(105)64-121-57-53-117-47-23-28-75(100)63-120-56-54-118-50-44-94-81(103)41-40-78(89(114)115)96-82(104)29-15-11-7-5-9-13-21-49-125-77-38-33-69(34-39-77)87(110)111)61-79(101)71(62-80(102)90(2,3)91)25-17-19-43-93-84(106)65-123-59-55-119-51-45-95-85(107)66-122-58-52-116-46-22-27-73(98)35-30-72(88(112)113)60-74(99)26-14-10-6-4-8-12-20-48-124-76-36-31-68(32-37-76)86(108)109;;;/h31-34,36-39,70-72,78H,4-30,35,40-66,91H2,1-3H3,(H,92,105)(H,93,106)(H,94,103)(H,95,107)(H,96,104)(H,108,109)(H,110,111)(H,112,113)(H,114,115);3*1H/t70-,71-,72-,78+;;;/m1.../s1. The number of hydrogen-bond acceptors (Lipinski definition) is 26. The lowest BCUT2D eigenvalue weighted by molar-refractivity contribution is -0.144. The third-order valence-corrected chi connectivity index (χ3v) is 20.1. The molecule has 125 heavy (non-hydrogen) atoms. The molecule has 0 bridgehead atoms. The zero-order valence-corrected chi connectivity index (χ0v) is 73.9. The molecule has 0 spiro atoms. The highest BCUT2D eigenvalue weighted by Crippen LogP contribution is 2.25. The summed E-state index contributed by atoms with van der Waals surface area (Å²) in [6, 6.07) is 11.3. The van der Waals surface area contributed by atoms with Crippen LogP contribution in [0.25, 0.3) is 0 Å². The minimum atomic E-state index is -1.23. The number of amides is 5. The highest BCUT2D eigenvalue weighted by Gasteiger charge is 2.31. The van der Waals surface area contributed by atoms with Gasteiger partial charge in [0.2, 0.25) is 29.5 Å². The molecular formula is C90H148N6O29. The molecule has 5 amide bonds. The average Bonchev–Trinajstić information content (AvgIpc) is 0.867. The van der Waals surface area contributed by atoms with Gasteiger partial charge in [0.05, 0.1) is 102 Å². The minimum absolute atomic E-state index is 0. The summed E-state index contributed by atoms with van der Waals surface area (Å²) in [5.41, 5.74) is 5.33. The number of carbonyl (C=O) groups excluding carboxylic acids is 11. The third kappa shape index (κ3) is 62.7. The van der Waals surface area contributed by atoms with Crippen molar-refractivity contribution in [3.05, 3.63) is 59.7 Å². The highest BCUT2D eigenvalue weighted by molar-refractivity contribution is 5.94. The first-order valence-corrected chi connectivity index (χ1v) is 44.3. The van der Waals surface area contributed by atoms with E-state index in [2.05, 4.69) is 26.6 Å². The van der Waals surface area contributed by atoms with Gasteiger partial charge in [0.15, 0.2) is 11.6 Å². The zero-order valence-electron chi connectivity index (χ0n) is 73.9. The van der Waals surface area contributed by atoms with Crippen LogP contribution < -0.4 is 41.8 Å². The maximum atomic E-state index is 13.7. The minimum Gasteiger partial charge on any atom is -0.494 e. The largest absolute Gasteiger partial charge is 0.494 e. The fourth-order valence-corrected chi connectivity index (χ4v) is 12.6. The van der Waals surface area contributed by atoms with E-state index >= 15 is 0 Å². The molecular weight excluding hydrogens is 1630 g/mol. The van der Waals surface area contributed by atoms with Crippen LogP contribution in [-0.4, -0.2) is 265 Å². The number of carboxylic acids is 4. The van der Waals surface area contributed by atoms with Gasteiger partial charge in [0, 0.05) is 113 Å². The summed E-state index contributed by atoms with van der Waals surface area (Å²) in [4.78, 5) is 184. The quantitative estimate of drug-likeness (QED) is 0.0275. The van der Waals surface area contributed by atoms with Gasteiger partial charge in [-0.25, -0.2) is 14.4 Å². The number of Topliss-reactive ketones (excluding diaryl/α,β-unsaturated/α-hetero) is 6. The van der Waals surface area contributed by atoms with Gasteiger partial charge >= 0.3 is 23.9 Å². The molecule has 2 aromatic carbocycles. The second kappa shape index (κ2) is 72.0. The summed E-state index contributed by atoms with van der Waals surface area (Å²) in [7, 11) is 0. The summed E-state index contributed by atoms with van der Waals surface area (Å²) in [6.45, 7) is 8.06. The Morgan fingerprint density at radius 3 is 1.18 bits per heavy atom. The van der Waals surface area contributed by atoms with E-state index < -0.39 is 59.1 Å². The molecule has 0 radical (unpaired) electrons. The van der Waals surface area contributed by atoms with Crippen molar-refractivity contribution in [1.82, 2.24) is 26.6 Å². The lowest BCUT2D eigenvalue weighted by Crippen LogP contribution is -2.43. The van der Waals surface area contributed by atoms with Crippen molar-refractivity contribution >= 4 is 88.1 Å². The molecule has 0 heterocycles. The lowest BCUT2D eigenvalue weighted by Gasteiger charge is -2.23. The molecule has 0 aliphatic rings. The number of benzene rings is 2. The van der Waals surface area contributed by atoms with Crippen LogP contribution in [0.3, 0.4) is 0 Å². The number of hydrogen-bond donors (Lipinski definition) is 10. The molecule has 0 fully saturated rings. The molecule has 2 aromatic rings. The lowest BCUT2D eigenvalue weighted by atomic mass is 9.82. The summed E-state index contributed by atoms with van der Waals surface area (Å²) in [6.07, 6.45) is 16.9. The molecule has 0 aromatic heterocycles. The normalized spacial score (nSPS) is 12.3. The van der Waals surface area contributed by atoms with Gasteiger partial charge in [-0.05, 0) is 146 Å². The van der Waals surface area contributed by atoms with E-state index in [1.165, 1.54) is 31.2 Å². The SMILES string of the molecule is CC(=O)[C@H](CCCCNC(=O)COCCOCCCC(=O)COCCOCCNC(=O)CC[C@H](NC(=O)CCCCCCCCCOc1ccc(C(=O)O)cc1)C(=O)O)CC(=O)[C@H](CCCCNC(=O)COCCOCCNC(=O)COCCOCCCC(=O)CC[C@H](CC(=O)CCCCCCCCCOc1ccc(C(=O)O)cc1)C(=O)O)CC(=O)C(C)(C)N.[HH].[HH].[HH]. The van der Waals surface area contributed by atoms with E-state index in [0.29, 0.717) is 108 Å². The van der Waals surface area contributed by atoms with Crippen molar-refractivity contribution in [2.75, 3.05) is 145 Å². The van der Waals surface area contributed by atoms with Gasteiger partial charge < -0.3 is 100 Å². The number of ketones is 6. The Balaban J connectivity index is 0. The average molecular weight is 1780 g/mol. The van der Waals surface area contributed by atoms with Crippen LogP contribution in [0.4, 0.5) is 0 Å². The summed E-state index contributed by atoms with van der Waals surface area (Å²) >= 11 is 0. The highest BCUT2D eigenvalue weighted by atomic mass is 16.5. The Labute approximate surface area is 739 Å². The van der Waals surface area contributed by atoms with Gasteiger partial charge in [0.25, 0.3) is 0 Å². The second-order valence-corrected chi connectivity index (χ2v) is 31.5. The van der Waals surface area contributed by atoms with Gasteiger partial charge in [-0.3, -0.25) is 57.5 Å². The number of ether oxygens (including phenoxy) is 10. The molecule has 2 rings (SSSR count). The maximum absolute atomic E-state index is 13.7. The number of aliphatic carboxylic acids is 2. The topological polar surface area (TPSA) is 515 Å². The van der Waals surface area contributed by atoms with E-state index in [1.54, 1.807) is 38.1 Å². The molecule has 35 nitrogen and oxygen atoms in total. The number of carboxylic acid groups (broad SMARTS) is 4. The maximum Gasteiger partial charge on any atom is 0.335 e. The van der Waals surface area contributed by atoms with Crippen molar-refractivity contribution in [2.45, 2.75) is 244 Å². The zero-order chi connectivity index (χ0) is 91.9. The first-order valence-electron chi connectivity index (χ1n) is 44.3. The number of aromatic carboxylic acids is 2. The van der Waals surface area contributed by atoms with Crippen LogP contribution in [-0.2, 0) is 100 Å². The van der Waals surface area contributed by atoms with Crippen molar-refractivity contribution < 1.29 is 144 Å². The second-order valence-electron chi connectivity index (χ2n) is 31.5. The van der Waals surface area contributed by atoms with Crippen molar-refractivity contribution in [2.24, 2.45) is 23.5 Å². The Morgan fingerprint density at radius 1 is 0.336 bits per heavy atom. The van der Waals surface area contributed by atoms with Gasteiger partial charge in [-0.1, -0.05) is 77.0 Å². The molecule has 0 unspecified atom stereocenters. The summed E-state index contributed by atoms with van der Waals surface area (Å²) in [5.74, 6) is -8.09. The Hall–Kier alpha value is -9.07. The molecule has 35 heteroatoms. The van der Waals surface area contributed by atoms with Gasteiger partial charge in [-0.15, -0.1) is 0 Å². The first-order chi connectivity index (χ1) is 60.0. The molecule has 0 saturated heterocycles. The molecule has 0 aliphatic heterocycles. The Kier molecular flexibility index (Phi) is 64.5. The van der Waals surface area contributed by atoms with Crippen LogP contribution >= 0.6 is 0 Å². The monoisotopic (exact) mass is 1780 g/mol. The van der Waals surface area contributed by atoms with E-state index in [9.17, 15) is 82.1 Å². The molecule has 4 atom stereocenters. The predicted octanol–water partition coefficient (Wildman–Crippen LogP) is 9.42. The van der Waals surface area contributed by atoms with E-state index in [0.717, 1.165) is 77.0 Å². The Morgan fingerprint density at radius 2 is 0.736 bits per heavy atom. The smallest absolute Gasteiger partial charge is 0.335 e. The van der Waals surface area contributed by atoms with E-state index in [1.807, 2.05) is 0 Å². The third-order valence-electron chi connectivity index (χ3n) is 20.1. The van der Waals surface area contributed by atoms with Crippen LogP contribution in [0.1, 0.15) is 258 Å². The van der Waals surface area contributed by atoms with Crippen LogP contribution in [0.2, 0.25) is 0 Å². The fraction of sp³-hybridized carbons (Fsp3) is 0.700. The van der Waals surface area contributed by atoms with Crippen molar-refractivity contribution in [3.63, 3.8) is 0 Å². The van der Waals surface area contributed by atoms with E-state index in [-0.39, 0.29) is 257 Å².